The number of hydrogen-bond acceptors (Lipinski definition) is 6. The zero-order valence-corrected chi connectivity index (χ0v) is 27.3. The summed E-state index contributed by atoms with van der Waals surface area (Å²) >= 11 is 12.6. The molecule has 8 nitrogen and oxygen atoms in total. The minimum absolute atomic E-state index is 0. The molecule has 236 valence electrons. The van der Waals surface area contributed by atoms with Crippen molar-refractivity contribution in [3.8, 4) is 6.07 Å². The Labute approximate surface area is 279 Å². The summed E-state index contributed by atoms with van der Waals surface area (Å²) in [6, 6.07) is 23.7. The summed E-state index contributed by atoms with van der Waals surface area (Å²) in [6.07, 6.45) is 2.21. The van der Waals surface area contributed by atoms with Crippen molar-refractivity contribution in [2.45, 2.75) is 50.6 Å². The van der Waals surface area contributed by atoms with Crippen LogP contribution in [0, 0.1) is 11.3 Å². The number of nitriles is 1. The van der Waals surface area contributed by atoms with Gasteiger partial charge in [0.2, 0.25) is 0 Å². The Bertz CT molecular complexity index is 1540. The maximum Gasteiger partial charge on any atom is 0.332 e. The molecule has 5 rings (SSSR count). The monoisotopic (exact) mass is 668 g/mol. The number of rotatable bonds is 11. The Balaban J connectivity index is 0.00000461. The third-order valence-electron chi connectivity index (χ3n) is 8.32. The van der Waals surface area contributed by atoms with Crippen molar-refractivity contribution in [1.82, 2.24) is 9.80 Å². The minimum Gasteiger partial charge on any atom is -0.466 e. The summed E-state index contributed by atoms with van der Waals surface area (Å²) < 4.78 is 5.05. The largest absolute Gasteiger partial charge is 0.466 e. The van der Waals surface area contributed by atoms with E-state index in [4.69, 9.17) is 27.9 Å². The third kappa shape index (κ3) is 7.29. The van der Waals surface area contributed by atoms with Gasteiger partial charge in [-0.3, -0.25) is 14.5 Å². The predicted molar refractivity (Wildman–Crippen MR) is 177 cm³/mol. The first-order chi connectivity index (χ1) is 21.3. The highest BCUT2D eigenvalue weighted by molar-refractivity contribution is 6.35. The lowest BCUT2D eigenvalue weighted by atomic mass is 9.80. The molecule has 0 saturated carbocycles. The van der Waals surface area contributed by atoms with Gasteiger partial charge in [0.05, 0.1) is 23.9 Å². The van der Waals surface area contributed by atoms with Crippen molar-refractivity contribution in [3.63, 3.8) is 0 Å². The van der Waals surface area contributed by atoms with Gasteiger partial charge in [0.15, 0.2) is 0 Å². The number of imide groups is 1. The fourth-order valence-corrected chi connectivity index (χ4v) is 6.89. The summed E-state index contributed by atoms with van der Waals surface area (Å²) in [5, 5.41) is 10.1. The number of esters is 1. The number of amides is 3. The summed E-state index contributed by atoms with van der Waals surface area (Å²) in [7, 11) is 0. The van der Waals surface area contributed by atoms with Crippen molar-refractivity contribution in [3.05, 3.63) is 99.5 Å². The zero-order valence-electron chi connectivity index (χ0n) is 25.0. The second kappa shape index (κ2) is 15.1. The Kier molecular flexibility index (Phi) is 11.5. The smallest absolute Gasteiger partial charge is 0.332 e. The molecular weight excluding hydrogens is 635 g/mol. The average molecular weight is 670 g/mol. The SMILES string of the molecule is CCOC(=O)CCCCCN1C(=O)N(c2cc(Cl)cc(Cl)c2)C(=O)C12CN(Cc1ccccc1)CC2c1ccc(C#N)cc1.Cl. The molecule has 0 aliphatic carbocycles. The van der Waals surface area contributed by atoms with Gasteiger partial charge in [0, 0.05) is 48.6 Å². The fourth-order valence-electron chi connectivity index (χ4n) is 6.38. The van der Waals surface area contributed by atoms with Gasteiger partial charge in [-0.15, -0.1) is 12.4 Å². The summed E-state index contributed by atoms with van der Waals surface area (Å²) in [4.78, 5) is 46.1. The van der Waals surface area contributed by atoms with Gasteiger partial charge in [0.1, 0.15) is 5.54 Å². The van der Waals surface area contributed by atoms with Gasteiger partial charge >= 0.3 is 12.0 Å². The number of urea groups is 1. The van der Waals surface area contributed by atoms with Crippen LogP contribution in [0.5, 0.6) is 0 Å². The Morgan fingerprint density at radius 2 is 1.69 bits per heavy atom. The van der Waals surface area contributed by atoms with Crippen molar-refractivity contribution < 1.29 is 19.1 Å². The number of ether oxygens (including phenoxy) is 1. The van der Waals surface area contributed by atoms with Crippen LogP contribution in [0.3, 0.4) is 0 Å². The second-order valence-electron chi connectivity index (χ2n) is 11.2. The van der Waals surface area contributed by atoms with Gasteiger partial charge in [-0.05, 0) is 61.2 Å². The van der Waals surface area contributed by atoms with Gasteiger partial charge in [0.25, 0.3) is 5.91 Å². The molecule has 0 N–H and O–H groups in total. The molecular formula is C34H35Cl3N4O4. The van der Waals surface area contributed by atoms with Crippen LogP contribution in [-0.2, 0) is 20.9 Å². The van der Waals surface area contributed by atoms with E-state index in [9.17, 15) is 19.6 Å². The number of unbranched alkanes of at least 4 members (excludes halogenated alkanes) is 2. The molecule has 2 aliphatic rings. The highest BCUT2D eigenvalue weighted by Gasteiger charge is 2.65. The summed E-state index contributed by atoms with van der Waals surface area (Å²) in [6.45, 7) is 3.90. The standard InChI is InChI=1S/C34H34Cl2N4O4.ClH/c1-2-44-31(41)11-7-4-8-16-39-33(43)40(29-18-27(35)17-28(36)19-29)32(42)34(39)23-38(21-25-9-5-3-6-10-25)22-30(34)26-14-12-24(20-37)13-15-26;/h3,5-6,9-10,12-15,17-19,30H,2,4,7-8,11,16,21-23H2,1H3;1H. The molecule has 3 aromatic rings. The average Bonchev–Trinajstić information content (AvgIpc) is 3.47. The molecule has 0 bridgehead atoms. The van der Waals surface area contributed by atoms with Crippen LogP contribution in [0.1, 0.15) is 55.2 Å². The van der Waals surface area contributed by atoms with Crippen molar-refractivity contribution in [1.29, 1.82) is 5.26 Å². The molecule has 2 aliphatic heterocycles. The molecule has 0 radical (unpaired) electrons. The topological polar surface area (TPSA) is 93.9 Å². The maximum atomic E-state index is 14.8. The molecule has 2 unspecified atom stereocenters. The number of carbonyl (C=O) groups is 3. The van der Waals surface area contributed by atoms with Crippen LogP contribution < -0.4 is 4.90 Å². The van der Waals surface area contributed by atoms with E-state index in [2.05, 4.69) is 11.0 Å². The quantitative estimate of drug-likeness (QED) is 0.122. The number of nitrogens with zero attached hydrogens (tertiary/aromatic N) is 4. The molecule has 11 heteroatoms. The summed E-state index contributed by atoms with van der Waals surface area (Å²) in [5.74, 6) is -0.944. The van der Waals surface area contributed by atoms with Crippen LogP contribution in [0.25, 0.3) is 0 Å². The molecule has 2 heterocycles. The first-order valence-electron chi connectivity index (χ1n) is 14.8. The van der Waals surface area contributed by atoms with Crippen LogP contribution in [-0.4, -0.2) is 59.5 Å². The van der Waals surface area contributed by atoms with E-state index in [1.807, 2.05) is 42.5 Å². The second-order valence-corrected chi connectivity index (χ2v) is 12.1. The van der Waals surface area contributed by atoms with E-state index in [-0.39, 0.29) is 30.2 Å². The molecule has 2 fully saturated rings. The first kappa shape index (κ1) is 34.3. The van der Waals surface area contributed by atoms with E-state index in [0.29, 0.717) is 79.8 Å². The molecule has 3 aromatic carbocycles. The number of likely N-dealkylation sites (tertiary alicyclic amines) is 1. The van der Waals surface area contributed by atoms with E-state index >= 15 is 0 Å². The van der Waals surface area contributed by atoms with E-state index in [1.165, 1.54) is 4.90 Å². The van der Waals surface area contributed by atoms with Crippen LogP contribution >= 0.6 is 35.6 Å². The van der Waals surface area contributed by atoms with E-state index < -0.39 is 11.6 Å². The normalized spacial score (nSPS) is 19.6. The van der Waals surface area contributed by atoms with Crippen molar-refractivity contribution >= 4 is 59.2 Å². The first-order valence-corrected chi connectivity index (χ1v) is 15.6. The predicted octanol–water partition coefficient (Wildman–Crippen LogP) is 7.22. The number of benzene rings is 3. The highest BCUT2D eigenvalue weighted by Crippen LogP contribution is 2.48. The van der Waals surface area contributed by atoms with Crippen LogP contribution in [0.15, 0.2) is 72.8 Å². The fraction of sp³-hybridized carbons (Fsp3) is 0.353. The lowest BCUT2D eigenvalue weighted by Crippen LogP contribution is -2.55. The van der Waals surface area contributed by atoms with Gasteiger partial charge < -0.3 is 9.64 Å². The third-order valence-corrected chi connectivity index (χ3v) is 8.76. The minimum atomic E-state index is -1.21. The number of halogens is 3. The number of carbonyl (C=O) groups excluding carboxylic acids is 3. The summed E-state index contributed by atoms with van der Waals surface area (Å²) in [5.41, 5.74) is 1.60. The van der Waals surface area contributed by atoms with Crippen molar-refractivity contribution in [2.24, 2.45) is 0 Å². The molecule has 2 atom stereocenters. The van der Waals surface area contributed by atoms with E-state index in [1.54, 1.807) is 42.2 Å². The zero-order chi connectivity index (χ0) is 31.3. The Morgan fingerprint density at radius 1 is 1.00 bits per heavy atom. The van der Waals surface area contributed by atoms with Crippen molar-refractivity contribution in [2.75, 3.05) is 31.1 Å². The number of hydrogen-bond donors (Lipinski definition) is 0. The molecule has 0 aromatic heterocycles. The molecule has 2 saturated heterocycles. The van der Waals surface area contributed by atoms with Gasteiger partial charge in [-0.1, -0.05) is 72.1 Å². The maximum absolute atomic E-state index is 14.8. The molecule has 45 heavy (non-hydrogen) atoms. The highest BCUT2D eigenvalue weighted by atomic mass is 35.5. The molecule has 3 amide bonds. The van der Waals surface area contributed by atoms with E-state index in [0.717, 1.165) is 11.1 Å². The molecule has 1 spiro atoms. The Hall–Kier alpha value is -3.61. The van der Waals surface area contributed by atoms with Crippen LogP contribution in [0.2, 0.25) is 10.0 Å². The lowest BCUT2D eigenvalue weighted by molar-refractivity contribution is -0.143. The van der Waals surface area contributed by atoms with Gasteiger partial charge in [-0.2, -0.15) is 5.26 Å². The number of anilines is 1. The lowest BCUT2D eigenvalue weighted by Gasteiger charge is -2.36. The Morgan fingerprint density at radius 3 is 2.33 bits per heavy atom. The van der Waals surface area contributed by atoms with Gasteiger partial charge in [-0.25, -0.2) is 9.69 Å². The van der Waals surface area contributed by atoms with Crippen LogP contribution in [0.4, 0.5) is 10.5 Å².